The summed E-state index contributed by atoms with van der Waals surface area (Å²) in [5.74, 6) is 1.86. The maximum atomic E-state index is 6.21. The molecule has 5 heteroatoms. The van der Waals surface area contributed by atoms with Crippen molar-refractivity contribution in [3.63, 3.8) is 0 Å². The number of aromatic nitrogens is 3. The Morgan fingerprint density at radius 1 is 0.360 bits per heavy atom. The Bertz CT molecular complexity index is 2860. The molecule has 10 rings (SSSR count). The summed E-state index contributed by atoms with van der Waals surface area (Å²) < 4.78 is 8.78. The molecule has 0 saturated carbocycles. The van der Waals surface area contributed by atoms with E-state index in [0.717, 1.165) is 44.2 Å². The van der Waals surface area contributed by atoms with Crippen molar-refractivity contribution in [1.82, 2.24) is 15.0 Å². The van der Waals surface area contributed by atoms with E-state index in [4.69, 9.17) is 19.4 Å². The lowest BCUT2D eigenvalue weighted by molar-refractivity contribution is 0.669. The minimum Gasteiger partial charge on any atom is -0.456 e. The van der Waals surface area contributed by atoms with E-state index >= 15 is 0 Å². The molecule has 0 amide bonds. The van der Waals surface area contributed by atoms with Gasteiger partial charge >= 0.3 is 0 Å². The molecule has 4 nitrogen and oxygen atoms in total. The zero-order valence-corrected chi connectivity index (χ0v) is 27.6. The highest BCUT2D eigenvalue weighted by atomic mass is 32.1. The maximum Gasteiger partial charge on any atom is 0.164 e. The van der Waals surface area contributed by atoms with Crippen LogP contribution in [0.25, 0.3) is 98.5 Å². The first-order valence-electron chi connectivity index (χ1n) is 16.6. The van der Waals surface area contributed by atoms with Gasteiger partial charge in [0.05, 0.1) is 0 Å². The topological polar surface area (TPSA) is 51.8 Å². The molecule has 0 unspecified atom stereocenters. The standard InChI is InChI=1S/C45H27N3OS/c1-3-12-28(13-4-1)32-17-11-23-39-41(32)35-19-9-18-33(42(35)50-39)29-24-26-31(27-25-29)44-46-43(30-14-5-2-6-15-30)47-45(48-44)36-20-10-22-38-40(36)34-16-7-8-21-37(34)49-38/h1-27H. The second-order valence-electron chi connectivity index (χ2n) is 12.4. The first kappa shape index (κ1) is 28.6. The van der Waals surface area contributed by atoms with Gasteiger partial charge in [-0.15, -0.1) is 11.3 Å². The quantitative estimate of drug-likeness (QED) is 0.185. The Labute approximate surface area is 292 Å². The maximum absolute atomic E-state index is 6.21. The van der Waals surface area contributed by atoms with Gasteiger partial charge in [0.2, 0.25) is 0 Å². The number of furan rings is 1. The van der Waals surface area contributed by atoms with Crippen LogP contribution < -0.4 is 0 Å². The van der Waals surface area contributed by atoms with Gasteiger partial charge in [0.15, 0.2) is 17.5 Å². The van der Waals surface area contributed by atoms with Gasteiger partial charge in [-0.1, -0.05) is 146 Å². The van der Waals surface area contributed by atoms with Crippen LogP contribution in [0.15, 0.2) is 168 Å². The van der Waals surface area contributed by atoms with Crippen LogP contribution in [0.2, 0.25) is 0 Å². The molecule has 0 aliphatic carbocycles. The SMILES string of the molecule is c1ccc(-c2nc(-c3ccc(-c4cccc5c4sc4cccc(-c6ccccc6)c45)cc3)nc(-c3cccc4oc5ccccc5c34)n2)cc1. The van der Waals surface area contributed by atoms with E-state index in [2.05, 4.69) is 103 Å². The molecule has 234 valence electrons. The third kappa shape index (κ3) is 4.71. The summed E-state index contributed by atoms with van der Waals surface area (Å²) in [6.45, 7) is 0. The second kappa shape index (κ2) is 11.6. The Morgan fingerprint density at radius 2 is 0.900 bits per heavy atom. The molecule has 0 bridgehead atoms. The second-order valence-corrected chi connectivity index (χ2v) is 13.4. The lowest BCUT2D eigenvalue weighted by Crippen LogP contribution is -2.00. The monoisotopic (exact) mass is 657 g/mol. The summed E-state index contributed by atoms with van der Waals surface area (Å²) in [4.78, 5) is 15.1. The van der Waals surface area contributed by atoms with Crippen LogP contribution in [0.5, 0.6) is 0 Å². The van der Waals surface area contributed by atoms with E-state index in [1.807, 2.05) is 72.0 Å². The average molecular weight is 658 g/mol. The molecule has 0 atom stereocenters. The zero-order valence-electron chi connectivity index (χ0n) is 26.7. The molecule has 0 spiro atoms. The first-order chi connectivity index (χ1) is 24.8. The van der Waals surface area contributed by atoms with Crippen LogP contribution in [-0.2, 0) is 0 Å². The average Bonchev–Trinajstić information content (AvgIpc) is 3.77. The van der Waals surface area contributed by atoms with Crippen molar-refractivity contribution in [2.24, 2.45) is 0 Å². The molecule has 0 aliphatic heterocycles. The van der Waals surface area contributed by atoms with Crippen LogP contribution in [0.4, 0.5) is 0 Å². The summed E-state index contributed by atoms with van der Waals surface area (Å²) in [5, 5.41) is 4.63. The molecule has 10 aromatic rings. The van der Waals surface area contributed by atoms with Crippen LogP contribution in [0, 0.1) is 0 Å². The highest BCUT2D eigenvalue weighted by Gasteiger charge is 2.18. The third-order valence-corrected chi connectivity index (χ3v) is 10.6. The molecular formula is C45H27N3OS. The van der Waals surface area contributed by atoms with Crippen LogP contribution in [0.1, 0.15) is 0 Å². The summed E-state index contributed by atoms with van der Waals surface area (Å²) in [7, 11) is 0. The third-order valence-electron chi connectivity index (χ3n) is 9.37. The number of fused-ring (bicyclic) bond motifs is 6. The van der Waals surface area contributed by atoms with Crippen molar-refractivity contribution in [2.45, 2.75) is 0 Å². The van der Waals surface area contributed by atoms with Gasteiger partial charge in [-0.05, 0) is 40.5 Å². The molecule has 7 aromatic carbocycles. The highest BCUT2D eigenvalue weighted by Crippen LogP contribution is 2.44. The number of benzene rings is 7. The van der Waals surface area contributed by atoms with E-state index in [0.29, 0.717) is 17.5 Å². The van der Waals surface area contributed by atoms with Crippen LogP contribution in [-0.4, -0.2) is 15.0 Å². The Kier molecular flexibility index (Phi) is 6.64. The molecule has 3 heterocycles. The molecule has 0 aliphatic rings. The van der Waals surface area contributed by atoms with E-state index in [1.54, 1.807) is 0 Å². The largest absolute Gasteiger partial charge is 0.456 e. The summed E-state index contributed by atoms with van der Waals surface area (Å²) >= 11 is 1.85. The first-order valence-corrected chi connectivity index (χ1v) is 17.4. The summed E-state index contributed by atoms with van der Waals surface area (Å²) in [5.41, 5.74) is 9.29. The van der Waals surface area contributed by atoms with Crippen molar-refractivity contribution >= 4 is 53.4 Å². The molecule has 3 aromatic heterocycles. The van der Waals surface area contributed by atoms with Crippen molar-refractivity contribution in [1.29, 1.82) is 0 Å². The normalized spacial score (nSPS) is 11.6. The Hall–Kier alpha value is -6.43. The molecule has 0 saturated heterocycles. The van der Waals surface area contributed by atoms with Gasteiger partial charge in [0.1, 0.15) is 11.2 Å². The number of hydrogen-bond acceptors (Lipinski definition) is 5. The van der Waals surface area contributed by atoms with Crippen molar-refractivity contribution in [2.75, 3.05) is 0 Å². The molecule has 0 fully saturated rings. The minimum atomic E-state index is 0.611. The van der Waals surface area contributed by atoms with E-state index < -0.39 is 0 Å². The predicted octanol–water partition coefficient (Wildman–Crippen LogP) is 12.5. The summed E-state index contributed by atoms with van der Waals surface area (Å²) in [6, 6.07) is 56.8. The van der Waals surface area contributed by atoms with Crippen molar-refractivity contribution in [3.8, 4) is 56.4 Å². The van der Waals surface area contributed by atoms with Crippen LogP contribution >= 0.6 is 11.3 Å². The van der Waals surface area contributed by atoms with E-state index in [1.165, 1.54) is 36.9 Å². The molecule has 50 heavy (non-hydrogen) atoms. The van der Waals surface area contributed by atoms with E-state index in [-0.39, 0.29) is 0 Å². The zero-order chi connectivity index (χ0) is 33.0. The summed E-state index contributed by atoms with van der Waals surface area (Å²) in [6.07, 6.45) is 0. The predicted molar refractivity (Wildman–Crippen MR) is 207 cm³/mol. The Balaban J connectivity index is 1.11. The van der Waals surface area contributed by atoms with Gasteiger partial charge < -0.3 is 4.42 Å². The number of rotatable bonds is 5. The van der Waals surface area contributed by atoms with Gasteiger partial charge in [0, 0.05) is 47.6 Å². The number of hydrogen-bond donors (Lipinski definition) is 0. The lowest BCUT2D eigenvalue weighted by atomic mass is 9.97. The Morgan fingerprint density at radius 3 is 1.70 bits per heavy atom. The van der Waals surface area contributed by atoms with Crippen molar-refractivity contribution in [3.05, 3.63) is 164 Å². The van der Waals surface area contributed by atoms with Gasteiger partial charge in [0.25, 0.3) is 0 Å². The van der Waals surface area contributed by atoms with Gasteiger partial charge in [-0.2, -0.15) is 0 Å². The van der Waals surface area contributed by atoms with E-state index in [9.17, 15) is 0 Å². The molecule has 0 N–H and O–H groups in total. The minimum absolute atomic E-state index is 0.611. The molecular weight excluding hydrogens is 631 g/mol. The molecule has 0 radical (unpaired) electrons. The van der Waals surface area contributed by atoms with Gasteiger partial charge in [-0.3, -0.25) is 0 Å². The number of para-hydroxylation sites is 1. The fourth-order valence-electron chi connectivity index (χ4n) is 7.04. The fourth-order valence-corrected chi connectivity index (χ4v) is 8.30. The highest BCUT2D eigenvalue weighted by molar-refractivity contribution is 7.26. The number of thiophene rings is 1. The number of nitrogens with zero attached hydrogens (tertiary/aromatic N) is 3. The van der Waals surface area contributed by atoms with Gasteiger partial charge in [-0.25, -0.2) is 15.0 Å². The van der Waals surface area contributed by atoms with Crippen molar-refractivity contribution < 1.29 is 4.42 Å². The lowest BCUT2D eigenvalue weighted by Gasteiger charge is -2.10. The smallest absolute Gasteiger partial charge is 0.164 e. The van der Waals surface area contributed by atoms with Crippen LogP contribution in [0.3, 0.4) is 0 Å². The fraction of sp³-hybridized carbons (Fsp3) is 0.